The Labute approximate surface area is 169 Å². The van der Waals surface area contributed by atoms with Crippen molar-refractivity contribution in [1.82, 2.24) is 0 Å². The molecule has 0 aliphatic carbocycles. The van der Waals surface area contributed by atoms with Gasteiger partial charge in [-0.1, -0.05) is 112 Å². The maximum atomic E-state index is 13.1. The molecule has 0 radical (unpaired) electrons. The largest absolute Gasteiger partial charge is 0.294 e. The lowest BCUT2D eigenvalue weighted by Gasteiger charge is -2.44. The van der Waals surface area contributed by atoms with Gasteiger partial charge in [0.25, 0.3) is 0 Å². The van der Waals surface area contributed by atoms with Crippen LogP contribution in [0.15, 0.2) is 84.9 Å². The summed E-state index contributed by atoms with van der Waals surface area (Å²) >= 11 is 0. The van der Waals surface area contributed by atoms with Crippen LogP contribution in [-0.2, 0) is 0 Å². The molecule has 0 amide bonds. The van der Waals surface area contributed by atoms with Crippen molar-refractivity contribution >= 4 is 28.3 Å². The van der Waals surface area contributed by atoms with E-state index in [2.05, 4.69) is 86.6 Å². The molecule has 1 nitrogen and oxygen atoms in total. The van der Waals surface area contributed by atoms with Crippen molar-refractivity contribution in [2.75, 3.05) is 0 Å². The highest BCUT2D eigenvalue weighted by Crippen LogP contribution is 2.19. The van der Waals surface area contributed by atoms with E-state index in [1.165, 1.54) is 16.4 Å². The Balaban J connectivity index is 2.32. The fourth-order valence-corrected chi connectivity index (χ4v) is 4.66. The zero-order chi connectivity index (χ0) is 19.8. The van der Waals surface area contributed by atoms with Crippen LogP contribution in [0.1, 0.15) is 49.9 Å². The Morgan fingerprint density at radius 3 is 1.79 bits per heavy atom. The lowest BCUT2D eigenvalue weighted by Crippen LogP contribution is -2.68. The molecule has 28 heavy (non-hydrogen) atoms. The fraction of sp³-hybridized carbons (Fsp3) is 0.269. The van der Waals surface area contributed by atoms with Gasteiger partial charge in [-0.05, 0) is 12.0 Å². The van der Waals surface area contributed by atoms with E-state index < -0.39 is 6.15 Å². The Hall–Kier alpha value is -2.61. The molecule has 0 saturated carbocycles. The van der Waals surface area contributed by atoms with Crippen LogP contribution in [0.4, 0.5) is 0 Å². The van der Waals surface area contributed by atoms with Gasteiger partial charge in [-0.3, -0.25) is 4.79 Å². The summed E-state index contributed by atoms with van der Waals surface area (Å²) in [6.07, 6.45) is 3.56. The van der Waals surface area contributed by atoms with Gasteiger partial charge in [0, 0.05) is 6.42 Å². The summed E-state index contributed by atoms with van der Waals surface area (Å²) in [7, 11) is 0. The minimum Gasteiger partial charge on any atom is -0.294 e. The van der Waals surface area contributed by atoms with Crippen LogP contribution in [-0.4, -0.2) is 11.9 Å². The highest BCUT2D eigenvalue weighted by atomic mass is 16.1. The predicted octanol–water partition coefficient (Wildman–Crippen LogP) is 4.94. The monoisotopic (exact) mass is 369 g/mol. The molecular formula is C26H30BO-. The topological polar surface area (TPSA) is 17.1 Å². The summed E-state index contributed by atoms with van der Waals surface area (Å²) in [5.41, 5.74) is 4.73. The quantitative estimate of drug-likeness (QED) is 0.386. The van der Waals surface area contributed by atoms with Crippen molar-refractivity contribution in [3.63, 3.8) is 0 Å². The van der Waals surface area contributed by atoms with Gasteiger partial charge in [0.05, 0.1) is 6.15 Å². The van der Waals surface area contributed by atoms with Gasteiger partial charge < -0.3 is 0 Å². The molecule has 3 rings (SSSR count). The van der Waals surface area contributed by atoms with E-state index in [0.717, 1.165) is 31.1 Å². The number of carbonyl (C=O) groups is 1. The smallest absolute Gasteiger partial charge is 0.159 e. The van der Waals surface area contributed by atoms with Gasteiger partial charge in [-0.25, -0.2) is 0 Å². The van der Waals surface area contributed by atoms with Gasteiger partial charge in [-0.2, -0.15) is 22.7 Å². The van der Waals surface area contributed by atoms with E-state index in [0.29, 0.717) is 6.42 Å². The van der Waals surface area contributed by atoms with Gasteiger partial charge >= 0.3 is 0 Å². The number of hydrogen-bond donors (Lipinski definition) is 0. The van der Waals surface area contributed by atoms with Gasteiger partial charge in [0.15, 0.2) is 5.78 Å². The summed E-state index contributed by atoms with van der Waals surface area (Å²) in [6, 6.07) is 29.9. The number of ketones is 1. The molecule has 0 atom stereocenters. The van der Waals surface area contributed by atoms with E-state index in [1.807, 2.05) is 12.1 Å². The summed E-state index contributed by atoms with van der Waals surface area (Å²) in [5.74, 6) is 0.257. The number of unbranched alkanes of at least 4 members (excludes halogenated alkanes) is 1. The average Bonchev–Trinajstić information content (AvgIpc) is 2.76. The molecule has 0 saturated heterocycles. The summed E-state index contributed by atoms with van der Waals surface area (Å²) < 4.78 is 0. The van der Waals surface area contributed by atoms with Crippen LogP contribution >= 0.6 is 0 Å². The van der Waals surface area contributed by atoms with Crippen LogP contribution < -0.4 is 16.4 Å². The average molecular weight is 369 g/mol. The van der Waals surface area contributed by atoms with Crippen molar-refractivity contribution in [3.8, 4) is 0 Å². The van der Waals surface area contributed by atoms with Crippen molar-refractivity contribution in [2.45, 2.75) is 45.9 Å². The Kier molecular flexibility index (Phi) is 6.87. The van der Waals surface area contributed by atoms with Crippen LogP contribution in [0.2, 0.25) is 6.32 Å². The highest BCUT2D eigenvalue weighted by Gasteiger charge is 2.31. The van der Waals surface area contributed by atoms with Crippen molar-refractivity contribution in [2.24, 2.45) is 0 Å². The van der Waals surface area contributed by atoms with Gasteiger partial charge in [0.1, 0.15) is 0 Å². The molecule has 0 bridgehead atoms. The molecule has 0 spiro atoms. The van der Waals surface area contributed by atoms with E-state index in [1.54, 1.807) is 0 Å². The van der Waals surface area contributed by atoms with Crippen LogP contribution in [0.25, 0.3) is 0 Å². The first kappa shape index (κ1) is 20.1. The third-order valence-corrected chi connectivity index (χ3v) is 6.00. The first-order valence-corrected chi connectivity index (χ1v) is 10.6. The molecule has 0 unspecified atom stereocenters. The molecule has 0 aliphatic heterocycles. The van der Waals surface area contributed by atoms with Crippen molar-refractivity contribution < 1.29 is 4.79 Å². The van der Waals surface area contributed by atoms with Gasteiger partial charge in [0.2, 0.25) is 0 Å². The molecule has 0 N–H and O–H groups in total. The van der Waals surface area contributed by atoms with Crippen LogP contribution in [0.5, 0.6) is 0 Å². The van der Waals surface area contributed by atoms with Crippen LogP contribution in [0, 0.1) is 0 Å². The molecule has 3 aromatic carbocycles. The molecule has 0 aliphatic rings. The van der Waals surface area contributed by atoms with Crippen molar-refractivity contribution in [1.29, 1.82) is 0 Å². The standard InChI is InChI=1S/C26H30BO/c1-3-5-21-27(22-15-8-6-9-16-22,23-17-10-7-11-18-23)25-20-13-12-19-24(25)26(28)14-4-2/h6-13,15-20H,3-5,14,21H2,1-2H3/q-1. The summed E-state index contributed by atoms with van der Waals surface area (Å²) in [6.45, 7) is 4.31. The molecule has 0 fully saturated rings. The van der Waals surface area contributed by atoms with Crippen LogP contribution in [0.3, 0.4) is 0 Å². The Bertz CT molecular complexity index is 847. The van der Waals surface area contributed by atoms with Crippen molar-refractivity contribution in [3.05, 3.63) is 90.5 Å². The molecule has 2 heteroatoms. The van der Waals surface area contributed by atoms with E-state index in [9.17, 15) is 4.79 Å². The van der Waals surface area contributed by atoms with E-state index in [4.69, 9.17) is 0 Å². The zero-order valence-corrected chi connectivity index (χ0v) is 17.1. The molecule has 3 aromatic rings. The highest BCUT2D eigenvalue weighted by molar-refractivity contribution is 7.12. The number of Topliss-reactive ketones (excluding diaryl/α,β-unsaturated/α-hetero) is 1. The molecule has 0 heterocycles. The maximum absolute atomic E-state index is 13.1. The molecule has 144 valence electrons. The third kappa shape index (κ3) is 3.97. The predicted molar refractivity (Wildman–Crippen MR) is 123 cm³/mol. The first-order chi connectivity index (χ1) is 13.7. The minimum atomic E-state index is -1.21. The second-order valence-corrected chi connectivity index (χ2v) is 7.77. The number of benzene rings is 3. The first-order valence-electron chi connectivity index (χ1n) is 10.6. The summed E-state index contributed by atoms with van der Waals surface area (Å²) in [4.78, 5) is 13.1. The van der Waals surface area contributed by atoms with E-state index >= 15 is 0 Å². The maximum Gasteiger partial charge on any atom is 0.159 e. The fourth-order valence-electron chi connectivity index (χ4n) is 4.66. The SMILES string of the molecule is CCCC[B-](c1ccccc1)(c1ccccc1)c1ccccc1C(=O)CCC. The second kappa shape index (κ2) is 9.55. The lowest BCUT2D eigenvalue weighted by atomic mass is 9.13. The van der Waals surface area contributed by atoms with Gasteiger partial charge in [-0.15, -0.1) is 0 Å². The second-order valence-electron chi connectivity index (χ2n) is 7.77. The minimum absolute atomic E-state index is 0.257. The lowest BCUT2D eigenvalue weighted by molar-refractivity contribution is 0.0983. The number of carbonyl (C=O) groups excluding carboxylic acids is 1. The molecule has 0 aromatic heterocycles. The summed E-state index contributed by atoms with van der Waals surface area (Å²) in [5, 5.41) is 0. The number of rotatable bonds is 9. The zero-order valence-electron chi connectivity index (χ0n) is 17.1. The molecular weight excluding hydrogens is 339 g/mol. The van der Waals surface area contributed by atoms with E-state index in [-0.39, 0.29) is 5.78 Å². The Morgan fingerprint density at radius 1 is 0.714 bits per heavy atom. The Morgan fingerprint density at radius 2 is 1.25 bits per heavy atom. The number of hydrogen-bond acceptors (Lipinski definition) is 1. The third-order valence-electron chi connectivity index (χ3n) is 6.00. The normalized spacial score (nSPS) is 11.4.